The molecule has 0 heterocycles. The number of benzene rings is 1. The molecule has 0 fully saturated rings. The van der Waals surface area contributed by atoms with Gasteiger partial charge in [0.05, 0.1) is 0 Å². The van der Waals surface area contributed by atoms with Crippen LogP contribution in [0.2, 0.25) is 0 Å². The molecule has 0 aliphatic heterocycles. The highest BCUT2D eigenvalue weighted by Crippen LogP contribution is 2.31. The molecule has 1 aromatic rings. The van der Waals surface area contributed by atoms with Gasteiger partial charge in [0.2, 0.25) is 5.91 Å². The van der Waals surface area contributed by atoms with E-state index in [-0.39, 0.29) is 11.6 Å². The molecule has 0 saturated heterocycles. The number of aldehydes is 1. The van der Waals surface area contributed by atoms with Crippen LogP contribution in [0.3, 0.4) is 0 Å². The van der Waals surface area contributed by atoms with E-state index in [1.165, 1.54) is 19.9 Å². The average Bonchev–Trinajstić information content (AvgIpc) is 2.80. The summed E-state index contributed by atoms with van der Waals surface area (Å²) in [7, 11) is 0. The number of nitrogens with one attached hydrogen (secondary N) is 2. The van der Waals surface area contributed by atoms with Gasteiger partial charge in [-0.3, -0.25) is 4.79 Å². The number of amides is 2. The minimum atomic E-state index is -1.35. The van der Waals surface area contributed by atoms with E-state index in [0.717, 1.165) is 6.29 Å². The largest absolute Gasteiger partial charge is 0.465 e. The van der Waals surface area contributed by atoms with Crippen LogP contribution in [-0.2, 0) is 22.4 Å². The SMILES string of the molecule is CC(C)(NC(=O)O)C(=O)Nc1cc(F)c2c(c1)CC(C=O)C2. The second kappa shape index (κ2) is 5.75. The second-order valence-electron chi connectivity index (χ2n) is 5.91. The lowest BCUT2D eigenvalue weighted by atomic mass is 10.0. The predicted octanol–water partition coefficient (Wildman–Crippen LogP) is 1.72. The lowest BCUT2D eigenvalue weighted by molar-refractivity contribution is -0.121. The third kappa shape index (κ3) is 3.24. The number of fused-ring (bicyclic) bond motifs is 1. The maximum Gasteiger partial charge on any atom is 0.405 e. The number of carbonyl (C=O) groups excluding carboxylic acids is 2. The second-order valence-corrected chi connectivity index (χ2v) is 5.91. The van der Waals surface area contributed by atoms with Crippen molar-refractivity contribution >= 4 is 24.0 Å². The lowest BCUT2D eigenvalue weighted by Gasteiger charge is -2.23. The topological polar surface area (TPSA) is 95.5 Å². The van der Waals surface area contributed by atoms with Gasteiger partial charge in [-0.05, 0) is 49.9 Å². The fraction of sp³-hybridized carbons (Fsp3) is 0.400. The Morgan fingerprint density at radius 2 is 2.05 bits per heavy atom. The zero-order chi connectivity index (χ0) is 16.5. The van der Waals surface area contributed by atoms with Gasteiger partial charge >= 0.3 is 6.09 Å². The molecule has 22 heavy (non-hydrogen) atoms. The molecule has 0 bridgehead atoms. The van der Waals surface area contributed by atoms with E-state index < -0.39 is 23.4 Å². The fourth-order valence-corrected chi connectivity index (χ4v) is 2.50. The third-order valence-corrected chi connectivity index (χ3v) is 3.67. The van der Waals surface area contributed by atoms with Gasteiger partial charge in [0.15, 0.2) is 0 Å². The van der Waals surface area contributed by atoms with Crippen LogP contribution in [0, 0.1) is 11.7 Å². The summed E-state index contributed by atoms with van der Waals surface area (Å²) in [5.74, 6) is -1.30. The molecular weight excluding hydrogens is 291 g/mol. The van der Waals surface area contributed by atoms with Crippen molar-refractivity contribution in [3.05, 3.63) is 29.1 Å². The minimum Gasteiger partial charge on any atom is -0.465 e. The number of anilines is 1. The van der Waals surface area contributed by atoms with Crippen molar-refractivity contribution in [2.24, 2.45) is 5.92 Å². The van der Waals surface area contributed by atoms with Crippen LogP contribution in [-0.4, -0.2) is 28.9 Å². The molecular formula is C15H17FN2O4. The first-order valence-corrected chi connectivity index (χ1v) is 6.82. The quantitative estimate of drug-likeness (QED) is 0.738. The molecule has 0 radical (unpaired) electrons. The Balaban J connectivity index is 2.18. The van der Waals surface area contributed by atoms with Gasteiger partial charge in [0.25, 0.3) is 0 Å². The summed E-state index contributed by atoms with van der Waals surface area (Å²) in [5, 5.41) is 13.3. The number of halogens is 1. The van der Waals surface area contributed by atoms with E-state index in [1.807, 2.05) is 0 Å². The molecule has 7 heteroatoms. The van der Waals surface area contributed by atoms with Crippen molar-refractivity contribution in [2.45, 2.75) is 32.2 Å². The van der Waals surface area contributed by atoms with Crippen LogP contribution in [0.4, 0.5) is 14.9 Å². The van der Waals surface area contributed by atoms with E-state index in [1.54, 1.807) is 6.07 Å². The molecule has 0 saturated carbocycles. The highest BCUT2D eigenvalue weighted by Gasteiger charge is 2.30. The predicted molar refractivity (Wildman–Crippen MR) is 77.2 cm³/mol. The Morgan fingerprint density at radius 1 is 1.36 bits per heavy atom. The molecule has 2 amide bonds. The smallest absolute Gasteiger partial charge is 0.405 e. The average molecular weight is 308 g/mol. The van der Waals surface area contributed by atoms with Gasteiger partial charge in [-0.25, -0.2) is 9.18 Å². The Hall–Kier alpha value is -2.44. The molecule has 1 aromatic carbocycles. The summed E-state index contributed by atoms with van der Waals surface area (Å²) in [4.78, 5) is 33.6. The molecule has 1 aliphatic carbocycles. The first-order valence-electron chi connectivity index (χ1n) is 6.82. The lowest BCUT2D eigenvalue weighted by Crippen LogP contribution is -2.51. The summed E-state index contributed by atoms with van der Waals surface area (Å²) >= 11 is 0. The van der Waals surface area contributed by atoms with Crippen LogP contribution in [0.1, 0.15) is 25.0 Å². The molecule has 1 aliphatic rings. The van der Waals surface area contributed by atoms with Crippen molar-refractivity contribution in [1.82, 2.24) is 5.32 Å². The zero-order valence-corrected chi connectivity index (χ0v) is 12.3. The first-order chi connectivity index (χ1) is 10.2. The van der Waals surface area contributed by atoms with E-state index in [2.05, 4.69) is 10.6 Å². The summed E-state index contributed by atoms with van der Waals surface area (Å²) in [6.45, 7) is 2.81. The van der Waals surface area contributed by atoms with Gasteiger partial charge in [-0.2, -0.15) is 0 Å². The van der Waals surface area contributed by atoms with Crippen molar-refractivity contribution in [3.8, 4) is 0 Å². The zero-order valence-electron chi connectivity index (χ0n) is 12.3. The van der Waals surface area contributed by atoms with Crippen molar-refractivity contribution in [2.75, 3.05) is 5.32 Å². The molecule has 1 unspecified atom stereocenters. The van der Waals surface area contributed by atoms with Crippen LogP contribution in [0.5, 0.6) is 0 Å². The maximum atomic E-state index is 14.0. The number of hydrogen-bond acceptors (Lipinski definition) is 3. The maximum absolute atomic E-state index is 14.0. The molecule has 2 rings (SSSR count). The fourth-order valence-electron chi connectivity index (χ4n) is 2.50. The van der Waals surface area contributed by atoms with E-state index in [9.17, 15) is 18.8 Å². The van der Waals surface area contributed by atoms with Gasteiger partial charge in [-0.15, -0.1) is 0 Å². The molecule has 1 atom stereocenters. The summed E-state index contributed by atoms with van der Waals surface area (Å²) in [6.07, 6.45) is 0.285. The van der Waals surface area contributed by atoms with E-state index in [4.69, 9.17) is 5.11 Å². The van der Waals surface area contributed by atoms with Gasteiger partial charge in [-0.1, -0.05) is 0 Å². The number of rotatable bonds is 4. The number of carbonyl (C=O) groups is 3. The van der Waals surface area contributed by atoms with Crippen LogP contribution < -0.4 is 10.6 Å². The number of carboxylic acid groups (broad SMARTS) is 1. The highest BCUT2D eigenvalue weighted by molar-refractivity contribution is 5.99. The first kappa shape index (κ1) is 15.9. The normalized spacial score (nSPS) is 16.8. The Bertz CT molecular complexity index is 643. The van der Waals surface area contributed by atoms with E-state index in [0.29, 0.717) is 24.0 Å². The van der Waals surface area contributed by atoms with Crippen molar-refractivity contribution in [3.63, 3.8) is 0 Å². The Labute approximate surface area is 126 Å². The summed E-state index contributed by atoms with van der Waals surface area (Å²) < 4.78 is 14.0. The molecule has 6 nitrogen and oxygen atoms in total. The van der Waals surface area contributed by atoms with Crippen LogP contribution in [0.25, 0.3) is 0 Å². The monoisotopic (exact) mass is 308 g/mol. The molecule has 0 spiro atoms. The van der Waals surface area contributed by atoms with Crippen LogP contribution in [0.15, 0.2) is 12.1 Å². The molecule has 0 aromatic heterocycles. The van der Waals surface area contributed by atoms with Gasteiger partial charge in [0.1, 0.15) is 17.6 Å². The van der Waals surface area contributed by atoms with Crippen molar-refractivity contribution < 1.29 is 23.9 Å². The minimum absolute atomic E-state index is 0.236. The highest BCUT2D eigenvalue weighted by atomic mass is 19.1. The Kier molecular flexibility index (Phi) is 4.16. The third-order valence-electron chi connectivity index (χ3n) is 3.67. The van der Waals surface area contributed by atoms with Gasteiger partial charge in [0, 0.05) is 11.6 Å². The van der Waals surface area contributed by atoms with Gasteiger partial charge < -0.3 is 20.5 Å². The van der Waals surface area contributed by atoms with Crippen molar-refractivity contribution in [1.29, 1.82) is 0 Å². The summed E-state index contributed by atoms with van der Waals surface area (Å²) in [6, 6.07) is 2.80. The number of hydrogen-bond donors (Lipinski definition) is 3. The molecule has 118 valence electrons. The van der Waals surface area contributed by atoms with E-state index >= 15 is 0 Å². The summed E-state index contributed by atoms with van der Waals surface area (Å²) in [5.41, 5.74) is 0.0783. The standard InChI is InChI=1S/C15H17FN2O4/c1-15(2,18-14(21)22)13(20)17-10-5-9-3-8(7-19)4-11(9)12(16)6-10/h5-8,18H,3-4H2,1-2H3,(H,17,20)(H,21,22). The molecule has 3 N–H and O–H groups in total. The Morgan fingerprint density at radius 3 is 2.64 bits per heavy atom. The van der Waals surface area contributed by atoms with Crippen LogP contribution >= 0.6 is 0 Å².